The molecule has 0 amide bonds. The third-order valence-electron chi connectivity index (χ3n) is 1.41. The van der Waals surface area contributed by atoms with E-state index < -0.39 is 12.3 Å². The molecule has 1 saturated heterocycles. The van der Waals surface area contributed by atoms with Crippen LogP contribution in [0.1, 0.15) is 13.3 Å². The predicted molar refractivity (Wildman–Crippen MR) is 40.3 cm³/mol. The first-order chi connectivity index (χ1) is 5.59. The van der Waals surface area contributed by atoms with Crippen LogP contribution >= 0.6 is 0 Å². The van der Waals surface area contributed by atoms with Gasteiger partial charge in [-0.3, -0.25) is 4.79 Å². The van der Waals surface area contributed by atoms with Crippen molar-refractivity contribution in [2.45, 2.75) is 19.6 Å². The van der Waals surface area contributed by atoms with Gasteiger partial charge in [0.05, 0.1) is 6.42 Å². The molecule has 1 atom stereocenters. The summed E-state index contributed by atoms with van der Waals surface area (Å²) in [4.78, 5) is 21.6. The van der Waals surface area contributed by atoms with Crippen LogP contribution in [0.2, 0.25) is 0 Å². The number of hydrogen-bond acceptors (Lipinski definition) is 4. The average Bonchev–Trinajstić information content (AvgIpc) is 2.35. The van der Waals surface area contributed by atoms with Gasteiger partial charge in [0, 0.05) is 5.57 Å². The summed E-state index contributed by atoms with van der Waals surface area (Å²) in [5.41, 5.74) is 0.304. The lowest BCUT2D eigenvalue weighted by atomic mass is 10.3. The van der Waals surface area contributed by atoms with E-state index in [-0.39, 0.29) is 18.8 Å². The quantitative estimate of drug-likeness (QED) is 0.445. The minimum absolute atomic E-state index is 0.0359. The normalized spacial score (nSPS) is 22.4. The van der Waals surface area contributed by atoms with Gasteiger partial charge in [-0.1, -0.05) is 6.58 Å². The number of hydrogen-bond donors (Lipinski definition) is 0. The van der Waals surface area contributed by atoms with E-state index in [0.717, 1.165) is 0 Å². The molecule has 0 aromatic carbocycles. The Kier molecular flexibility index (Phi) is 2.60. The first-order valence-corrected chi connectivity index (χ1v) is 3.59. The molecule has 0 aromatic heterocycles. The zero-order valence-electron chi connectivity index (χ0n) is 6.83. The van der Waals surface area contributed by atoms with Gasteiger partial charge in [0.1, 0.15) is 6.61 Å². The van der Waals surface area contributed by atoms with Crippen LogP contribution in [0.25, 0.3) is 0 Å². The standard InChI is InChI=1S/C8H10O4/c1-5(2)8(10)12-7-3-6(9)4-11-7/h7H,1,3-4H2,2H3. The van der Waals surface area contributed by atoms with Crippen molar-refractivity contribution in [1.82, 2.24) is 0 Å². The minimum atomic E-state index is -0.707. The van der Waals surface area contributed by atoms with E-state index in [9.17, 15) is 9.59 Å². The first-order valence-electron chi connectivity index (χ1n) is 3.59. The molecule has 1 unspecified atom stereocenters. The van der Waals surface area contributed by atoms with Crippen LogP contribution in [0, 0.1) is 0 Å². The fraction of sp³-hybridized carbons (Fsp3) is 0.500. The fourth-order valence-corrected chi connectivity index (χ4v) is 0.785. The lowest BCUT2D eigenvalue weighted by molar-refractivity contribution is -0.164. The van der Waals surface area contributed by atoms with Crippen LogP contribution in [-0.4, -0.2) is 24.6 Å². The summed E-state index contributed by atoms with van der Waals surface area (Å²) in [5, 5.41) is 0. The van der Waals surface area contributed by atoms with Crippen LogP contribution in [-0.2, 0) is 19.1 Å². The molecule has 66 valence electrons. The molecule has 0 radical (unpaired) electrons. The molecule has 1 aliphatic heterocycles. The van der Waals surface area contributed by atoms with Crippen molar-refractivity contribution in [3.8, 4) is 0 Å². The Morgan fingerprint density at radius 2 is 2.42 bits per heavy atom. The highest BCUT2D eigenvalue weighted by Crippen LogP contribution is 2.11. The SMILES string of the molecule is C=C(C)C(=O)OC1CC(=O)CO1. The van der Waals surface area contributed by atoms with Crippen LogP contribution in [0.5, 0.6) is 0 Å². The number of esters is 1. The van der Waals surface area contributed by atoms with Gasteiger partial charge in [0.2, 0.25) is 6.29 Å². The lowest BCUT2D eigenvalue weighted by Gasteiger charge is -2.09. The van der Waals surface area contributed by atoms with E-state index in [2.05, 4.69) is 6.58 Å². The Balaban J connectivity index is 2.37. The molecule has 1 rings (SSSR count). The topological polar surface area (TPSA) is 52.6 Å². The summed E-state index contributed by atoms with van der Waals surface area (Å²) >= 11 is 0. The average molecular weight is 170 g/mol. The van der Waals surface area contributed by atoms with E-state index in [1.807, 2.05) is 0 Å². The number of ether oxygens (including phenoxy) is 2. The summed E-state index contributed by atoms with van der Waals surface area (Å²) in [6.45, 7) is 4.98. The Morgan fingerprint density at radius 3 is 2.83 bits per heavy atom. The van der Waals surface area contributed by atoms with E-state index >= 15 is 0 Å². The van der Waals surface area contributed by atoms with Gasteiger partial charge in [-0.2, -0.15) is 0 Å². The highest BCUT2D eigenvalue weighted by atomic mass is 16.7. The van der Waals surface area contributed by atoms with Crippen molar-refractivity contribution in [3.05, 3.63) is 12.2 Å². The molecular weight excluding hydrogens is 160 g/mol. The molecule has 0 saturated carbocycles. The molecular formula is C8H10O4. The van der Waals surface area contributed by atoms with Crippen molar-refractivity contribution >= 4 is 11.8 Å². The second-order valence-corrected chi connectivity index (χ2v) is 2.67. The van der Waals surface area contributed by atoms with Gasteiger partial charge in [0.15, 0.2) is 5.78 Å². The molecule has 0 aromatic rings. The maximum atomic E-state index is 10.9. The number of carbonyl (C=O) groups is 2. The molecule has 0 N–H and O–H groups in total. The molecule has 4 nitrogen and oxygen atoms in total. The summed E-state index contributed by atoms with van der Waals surface area (Å²) in [7, 11) is 0. The van der Waals surface area contributed by atoms with Crippen LogP contribution in [0.15, 0.2) is 12.2 Å². The maximum absolute atomic E-state index is 10.9. The van der Waals surface area contributed by atoms with E-state index in [1.54, 1.807) is 6.92 Å². The Bertz CT molecular complexity index is 231. The molecule has 12 heavy (non-hydrogen) atoms. The Labute approximate surface area is 70.1 Å². The third-order valence-corrected chi connectivity index (χ3v) is 1.41. The monoisotopic (exact) mass is 170 g/mol. The first kappa shape index (κ1) is 8.93. The Hall–Kier alpha value is -1.16. The highest BCUT2D eigenvalue weighted by molar-refractivity contribution is 5.88. The van der Waals surface area contributed by atoms with E-state index in [4.69, 9.17) is 9.47 Å². The summed E-state index contributed by atoms with van der Waals surface area (Å²) in [6.07, 6.45) is -0.555. The maximum Gasteiger partial charge on any atom is 0.335 e. The largest absolute Gasteiger partial charge is 0.432 e. The number of ketones is 1. The fourth-order valence-electron chi connectivity index (χ4n) is 0.785. The predicted octanol–water partition coefficient (Wildman–Crippen LogP) is 0.421. The van der Waals surface area contributed by atoms with Gasteiger partial charge in [-0.15, -0.1) is 0 Å². The highest BCUT2D eigenvalue weighted by Gasteiger charge is 2.26. The van der Waals surface area contributed by atoms with Crippen LogP contribution in [0.3, 0.4) is 0 Å². The van der Waals surface area contributed by atoms with Crippen molar-refractivity contribution < 1.29 is 19.1 Å². The molecule has 1 aliphatic rings. The number of carbonyl (C=O) groups excluding carboxylic acids is 2. The van der Waals surface area contributed by atoms with Gasteiger partial charge in [-0.05, 0) is 6.92 Å². The van der Waals surface area contributed by atoms with Gasteiger partial charge in [-0.25, -0.2) is 4.79 Å². The van der Waals surface area contributed by atoms with Gasteiger partial charge >= 0.3 is 5.97 Å². The van der Waals surface area contributed by atoms with Crippen molar-refractivity contribution in [2.75, 3.05) is 6.61 Å². The molecule has 1 heterocycles. The van der Waals surface area contributed by atoms with Crippen LogP contribution in [0.4, 0.5) is 0 Å². The second-order valence-electron chi connectivity index (χ2n) is 2.67. The Morgan fingerprint density at radius 1 is 1.75 bits per heavy atom. The number of rotatable bonds is 2. The lowest BCUT2D eigenvalue weighted by Crippen LogP contribution is -2.17. The number of Topliss-reactive ketones (excluding diaryl/α,β-unsaturated/α-hetero) is 1. The van der Waals surface area contributed by atoms with E-state index in [0.29, 0.717) is 5.57 Å². The van der Waals surface area contributed by atoms with Crippen molar-refractivity contribution in [2.24, 2.45) is 0 Å². The second kappa shape index (κ2) is 3.49. The van der Waals surface area contributed by atoms with Crippen molar-refractivity contribution in [1.29, 1.82) is 0 Å². The third kappa shape index (κ3) is 2.17. The summed E-state index contributed by atoms with van der Waals surface area (Å²) < 4.78 is 9.61. The molecule has 0 aliphatic carbocycles. The molecule has 4 heteroatoms. The minimum Gasteiger partial charge on any atom is -0.432 e. The van der Waals surface area contributed by atoms with Gasteiger partial charge in [0.25, 0.3) is 0 Å². The molecule has 0 spiro atoms. The molecule has 0 bridgehead atoms. The summed E-state index contributed by atoms with van der Waals surface area (Å²) in [6, 6.07) is 0. The zero-order chi connectivity index (χ0) is 9.14. The molecule has 1 fully saturated rings. The zero-order valence-corrected chi connectivity index (χ0v) is 6.83. The van der Waals surface area contributed by atoms with Gasteiger partial charge < -0.3 is 9.47 Å². The van der Waals surface area contributed by atoms with E-state index in [1.165, 1.54) is 0 Å². The summed E-state index contributed by atoms with van der Waals surface area (Å²) in [5.74, 6) is -0.566. The smallest absolute Gasteiger partial charge is 0.335 e. The van der Waals surface area contributed by atoms with Crippen LogP contribution < -0.4 is 0 Å². The van der Waals surface area contributed by atoms with Crippen molar-refractivity contribution in [3.63, 3.8) is 0 Å².